The molecular weight excluding hydrogens is 226 g/mol. The molecule has 1 aromatic rings. The lowest BCUT2D eigenvalue weighted by Gasteiger charge is -2.16. The van der Waals surface area contributed by atoms with Crippen molar-refractivity contribution in [2.75, 3.05) is 19.5 Å². The SMILES string of the molecule is Cc1occc1C(=O)N(C)CCCCCCl. The third-order valence-corrected chi connectivity index (χ3v) is 2.83. The topological polar surface area (TPSA) is 33.5 Å². The third kappa shape index (κ3) is 3.56. The van der Waals surface area contributed by atoms with Crippen molar-refractivity contribution >= 4 is 17.5 Å². The molecule has 0 aliphatic carbocycles. The summed E-state index contributed by atoms with van der Waals surface area (Å²) in [6, 6.07) is 1.72. The summed E-state index contributed by atoms with van der Waals surface area (Å²) in [4.78, 5) is 13.7. The molecule has 0 saturated carbocycles. The predicted molar refractivity (Wildman–Crippen MR) is 65.0 cm³/mol. The van der Waals surface area contributed by atoms with Crippen molar-refractivity contribution in [2.45, 2.75) is 26.2 Å². The molecule has 0 aliphatic rings. The van der Waals surface area contributed by atoms with Gasteiger partial charge in [0.05, 0.1) is 11.8 Å². The van der Waals surface area contributed by atoms with Crippen molar-refractivity contribution in [1.82, 2.24) is 4.90 Å². The molecule has 0 atom stereocenters. The Morgan fingerprint density at radius 1 is 1.44 bits per heavy atom. The third-order valence-electron chi connectivity index (χ3n) is 2.56. The van der Waals surface area contributed by atoms with Crippen molar-refractivity contribution < 1.29 is 9.21 Å². The number of alkyl halides is 1. The maximum absolute atomic E-state index is 11.9. The van der Waals surface area contributed by atoms with Crippen LogP contribution in [0, 0.1) is 6.92 Å². The van der Waals surface area contributed by atoms with E-state index in [9.17, 15) is 4.79 Å². The van der Waals surface area contributed by atoms with Gasteiger partial charge in [-0.15, -0.1) is 11.6 Å². The molecule has 1 aromatic heterocycles. The zero-order valence-corrected chi connectivity index (χ0v) is 10.6. The summed E-state index contributed by atoms with van der Waals surface area (Å²) in [5.41, 5.74) is 0.653. The van der Waals surface area contributed by atoms with Crippen LogP contribution in [-0.4, -0.2) is 30.3 Å². The van der Waals surface area contributed by atoms with Crippen LogP contribution >= 0.6 is 11.6 Å². The second-order valence-electron chi connectivity index (χ2n) is 3.87. The van der Waals surface area contributed by atoms with E-state index in [1.165, 1.54) is 0 Å². The standard InChI is InChI=1S/C12H18ClNO2/c1-10-11(6-9-16-10)12(15)14(2)8-5-3-4-7-13/h6,9H,3-5,7-8H2,1-2H3. The summed E-state index contributed by atoms with van der Waals surface area (Å²) in [5.74, 6) is 1.40. The van der Waals surface area contributed by atoms with Gasteiger partial charge in [0.1, 0.15) is 5.76 Å². The fourth-order valence-electron chi connectivity index (χ4n) is 1.53. The van der Waals surface area contributed by atoms with Gasteiger partial charge in [-0.05, 0) is 25.8 Å². The van der Waals surface area contributed by atoms with Gasteiger partial charge in [0.2, 0.25) is 0 Å². The van der Waals surface area contributed by atoms with E-state index in [0.717, 1.165) is 25.8 Å². The van der Waals surface area contributed by atoms with E-state index in [1.807, 2.05) is 7.05 Å². The lowest BCUT2D eigenvalue weighted by molar-refractivity contribution is 0.0791. The average Bonchev–Trinajstić information content (AvgIpc) is 2.69. The molecule has 4 heteroatoms. The first-order valence-corrected chi connectivity index (χ1v) is 6.05. The molecule has 0 aliphatic heterocycles. The Labute approximate surface area is 101 Å². The minimum absolute atomic E-state index is 0.0251. The van der Waals surface area contributed by atoms with Gasteiger partial charge in [0.25, 0.3) is 5.91 Å². The number of carbonyl (C=O) groups excluding carboxylic acids is 1. The number of aryl methyl sites for hydroxylation is 1. The van der Waals surface area contributed by atoms with Crippen molar-refractivity contribution in [3.8, 4) is 0 Å². The quantitative estimate of drug-likeness (QED) is 0.568. The number of furan rings is 1. The summed E-state index contributed by atoms with van der Waals surface area (Å²) in [6.07, 6.45) is 4.61. The van der Waals surface area contributed by atoms with Crippen LogP contribution in [0.4, 0.5) is 0 Å². The molecule has 0 fully saturated rings. The van der Waals surface area contributed by atoms with Gasteiger partial charge in [-0.25, -0.2) is 0 Å². The van der Waals surface area contributed by atoms with E-state index < -0.39 is 0 Å². The van der Waals surface area contributed by atoms with Crippen molar-refractivity contribution in [2.24, 2.45) is 0 Å². The normalized spacial score (nSPS) is 10.4. The first-order chi connectivity index (χ1) is 7.66. The molecule has 0 spiro atoms. The molecule has 3 nitrogen and oxygen atoms in total. The van der Waals surface area contributed by atoms with E-state index in [1.54, 1.807) is 24.2 Å². The number of amides is 1. The summed E-state index contributed by atoms with van der Waals surface area (Å²) in [6.45, 7) is 2.56. The monoisotopic (exact) mass is 243 g/mol. The first-order valence-electron chi connectivity index (χ1n) is 5.52. The zero-order chi connectivity index (χ0) is 12.0. The largest absolute Gasteiger partial charge is 0.469 e. The molecule has 16 heavy (non-hydrogen) atoms. The Kier molecular flexibility index (Phi) is 5.39. The Morgan fingerprint density at radius 3 is 2.75 bits per heavy atom. The maximum Gasteiger partial charge on any atom is 0.257 e. The summed E-state index contributed by atoms with van der Waals surface area (Å²) < 4.78 is 5.11. The zero-order valence-electron chi connectivity index (χ0n) is 9.83. The molecule has 1 amide bonds. The van der Waals surface area contributed by atoms with Crippen LogP contribution in [0.15, 0.2) is 16.7 Å². The lowest BCUT2D eigenvalue weighted by atomic mass is 10.2. The second-order valence-corrected chi connectivity index (χ2v) is 4.24. The Morgan fingerprint density at radius 2 is 2.19 bits per heavy atom. The van der Waals surface area contributed by atoms with Crippen molar-refractivity contribution in [3.63, 3.8) is 0 Å². The Balaban J connectivity index is 2.40. The molecule has 0 unspecified atom stereocenters. The van der Waals surface area contributed by atoms with Crippen LogP contribution in [0.1, 0.15) is 35.4 Å². The number of unbranched alkanes of at least 4 members (excludes halogenated alkanes) is 2. The van der Waals surface area contributed by atoms with Crippen LogP contribution in [0.3, 0.4) is 0 Å². The summed E-state index contributed by atoms with van der Waals surface area (Å²) >= 11 is 5.59. The molecular formula is C12H18ClNO2. The molecule has 1 rings (SSSR count). The van der Waals surface area contributed by atoms with E-state index >= 15 is 0 Å². The second kappa shape index (κ2) is 6.59. The van der Waals surface area contributed by atoms with Crippen LogP contribution in [0.25, 0.3) is 0 Å². The van der Waals surface area contributed by atoms with Gasteiger partial charge in [-0.1, -0.05) is 6.42 Å². The molecule has 1 heterocycles. The number of halogens is 1. The summed E-state index contributed by atoms with van der Waals surface area (Å²) in [5, 5.41) is 0. The number of rotatable bonds is 6. The fourth-order valence-corrected chi connectivity index (χ4v) is 1.72. The molecule has 0 N–H and O–H groups in total. The van der Waals surface area contributed by atoms with Crippen molar-refractivity contribution in [3.05, 3.63) is 23.7 Å². The highest BCUT2D eigenvalue weighted by Crippen LogP contribution is 2.11. The average molecular weight is 244 g/mol. The van der Waals surface area contributed by atoms with Gasteiger partial charge in [-0.2, -0.15) is 0 Å². The van der Waals surface area contributed by atoms with Crippen molar-refractivity contribution in [1.29, 1.82) is 0 Å². The highest BCUT2D eigenvalue weighted by molar-refractivity contribution is 6.17. The van der Waals surface area contributed by atoms with E-state index in [-0.39, 0.29) is 5.91 Å². The predicted octanol–water partition coefficient (Wildman–Crippen LogP) is 3.07. The fraction of sp³-hybridized carbons (Fsp3) is 0.583. The number of carbonyl (C=O) groups is 1. The van der Waals surface area contributed by atoms with Gasteiger partial charge in [0, 0.05) is 19.5 Å². The highest BCUT2D eigenvalue weighted by atomic mass is 35.5. The molecule has 0 bridgehead atoms. The van der Waals surface area contributed by atoms with Crippen LogP contribution in [-0.2, 0) is 0 Å². The lowest BCUT2D eigenvalue weighted by Crippen LogP contribution is -2.27. The van der Waals surface area contributed by atoms with Gasteiger partial charge < -0.3 is 9.32 Å². The van der Waals surface area contributed by atoms with Gasteiger partial charge in [-0.3, -0.25) is 4.79 Å². The first kappa shape index (κ1) is 13.1. The molecule has 0 aromatic carbocycles. The minimum Gasteiger partial charge on any atom is -0.469 e. The number of hydrogen-bond donors (Lipinski definition) is 0. The highest BCUT2D eigenvalue weighted by Gasteiger charge is 2.15. The van der Waals surface area contributed by atoms with E-state index in [2.05, 4.69) is 0 Å². The molecule has 0 radical (unpaired) electrons. The van der Waals surface area contributed by atoms with Crippen LogP contribution in [0.5, 0.6) is 0 Å². The van der Waals surface area contributed by atoms with E-state index in [4.69, 9.17) is 16.0 Å². The number of hydrogen-bond acceptors (Lipinski definition) is 2. The van der Waals surface area contributed by atoms with E-state index in [0.29, 0.717) is 17.2 Å². The Hall–Kier alpha value is -0.960. The van der Waals surface area contributed by atoms with Crippen LogP contribution < -0.4 is 0 Å². The minimum atomic E-state index is 0.0251. The van der Waals surface area contributed by atoms with Gasteiger partial charge in [0.15, 0.2) is 0 Å². The maximum atomic E-state index is 11.9. The van der Waals surface area contributed by atoms with Crippen LogP contribution in [0.2, 0.25) is 0 Å². The Bertz CT molecular complexity index is 336. The number of nitrogens with zero attached hydrogens (tertiary/aromatic N) is 1. The van der Waals surface area contributed by atoms with Gasteiger partial charge >= 0.3 is 0 Å². The molecule has 90 valence electrons. The molecule has 0 saturated heterocycles. The smallest absolute Gasteiger partial charge is 0.257 e. The summed E-state index contributed by atoms with van der Waals surface area (Å²) in [7, 11) is 1.81.